The quantitative estimate of drug-likeness (QED) is 0.0111. The largest absolute Gasteiger partial charge is 0.493 e. The molecule has 0 saturated carbocycles. The zero-order valence-electron chi connectivity index (χ0n) is 41.5. The predicted octanol–water partition coefficient (Wildman–Crippen LogP) is 9.05. The molecule has 0 aliphatic rings. The SMILES string of the molecule is CCCCCCCCOc1ccc2ccccc2c1-c1c(OCC(=O)N[C@H](CCCCN)C(=O)N[C@H](CCCN=C(N)N)C(=O)N[C@@H](CC(C)C)C(=O)OCc2ccccc2)ccc2ccccc12.Cl.Cl. The van der Waals surface area contributed by atoms with Gasteiger partial charge in [-0.25, -0.2) is 4.79 Å². The molecule has 0 saturated heterocycles. The fourth-order valence-corrected chi connectivity index (χ4v) is 8.30. The van der Waals surface area contributed by atoms with Gasteiger partial charge in [0.15, 0.2) is 12.6 Å². The lowest BCUT2D eigenvalue weighted by Gasteiger charge is -2.26. The standard InChI is InChI=1S/C55H73N7O7.2ClH/c1-4-5-6-7-8-18-34-67-47-30-28-40-22-12-14-24-42(40)50(47)51-43-25-15-13-23-41(43)29-31-48(51)68-37-49(63)60-44(26-16-17-32-56)52(64)61-45(27-19-33-59-55(57)58)53(65)62-46(35-38(2)3)54(66)69-36-39-20-10-9-11-21-39;;/h9-15,20-25,28-31,38,44-46H,4-8,16-19,26-27,32-37,56H2,1-3H3,(H,60,63)(H,61,64)(H,62,65)(H4,57,58,59);2*1H/t44-,45-,46+;;/m1../s1. The number of nitrogens with zero attached hydrogens (tertiary/aromatic N) is 1. The van der Waals surface area contributed by atoms with Crippen LogP contribution < -0.4 is 42.6 Å². The Labute approximate surface area is 431 Å². The molecule has 5 rings (SSSR count). The molecule has 9 N–H and O–H groups in total. The molecule has 0 aromatic heterocycles. The fraction of sp³-hybridized carbons (Fsp3) is 0.436. The molecule has 0 unspecified atom stereocenters. The highest BCUT2D eigenvalue weighted by Crippen LogP contribution is 2.45. The smallest absolute Gasteiger partial charge is 0.328 e. The second-order valence-corrected chi connectivity index (χ2v) is 17.9. The first kappa shape index (κ1) is 59.2. The molecule has 3 atom stereocenters. The molecule has 0 spiro atoms. The van der Waals surface area contributed by atoms with Crippen LogP contribution >= 0.6 is 24.8 Å². The Balaban J connectivity index is 0.00000666. The van der Waals surface area contributed by atoms with Gasteiger partial charge >= 0.3 is 5.97 Å². The third kappa shape index (κ3) is 19.2. The molecule has 386 valence electrons. The Morgan fingerprint density at radius 2 is 1.15 bits per heavy atom. The number of aliphatic imine (C=N–C) groups is 1. The van der Waals surface area contributed by atoms with Gasteiger partial charge in [-0.2, -0.15) is 0 Å². The van der Waals surface area contributed by atoms with Gasteiger partial charge in [0, 0.05) is 17.7 Å². The van der Waals surface area contributed by atoms with Crippen LogP contribution in [0.25, 0.3) is 32.7 Å². The van der Waals surface area contributed by atoms with Gasteiger partial charge in [0.25, 0.3) is 5.91 Å². The number of nitrogens with one attached hydrogen (secondary N) is 3. The van der Waals surface area contributed by atoms with Crippen molar-refractivity contribution in [2.45, 2.75) is 123 Å². The highest BCUT2D eigenvalue weighted by Gasteiger charge is 2.31. The minimum Gasteiger partial charge on any atom is -0.493 e. The number of nitrogens with two attached hydrogens (primary N) is 3. The average Bonchev–Trinajstić information content (AvgIpc) is 3.34. The summed E-state index contributed by atoms with van der Waals surface area (Å²) >= 11 is 0. The van der Waals surface area contributed by atoms with E-state index in [1.165, 1.54) is 25.7 Å². The number of rotatable bonds is 30. The molecule has 0 fully saturated rings. The Hall–Kier alpha value is -6.09. The predicted molar refractivity (Wildman–Crippen MR) is 290 cm³/mol. The summed E-state index contributed by atoms with van der Waals surface area (Å²) in [5.74, 6) is -1.17. The van der Waals surface area contributed by atoms with Crippen molar-refractivity contribution in [2.75, 3.05) is 26.3 Å². The maximum atomic E-state index is 14.2. The zero-order valence-corrected chi connectivity index (χ0v) is 43.1. The van der Waals surface area contributed by atoms with Crippen LogP contribution in [0.1, 0.15) is 103 Å². The number of hydrogen-bond acceptors (Lipinski definition) is 9. The van der Waals surface area contributed by atoms with Gasteiger partial charge in [-0.15, -0.1) is 24.8 Å². The van der Waals surface area contributed by atoms with Crippen molar-refractivity contribution in [3.8, 4) is 22.6 Å². The zero-order chi connectivity index (χ0) is 49.4. The lowest BCUT2D eigenvalue weighted by Crippen LogP contribution is -2.56. The number of unbranched alkanes of at least 4 members (excludes halogenated alkanes) is 6. The van der Waals surface area contributed by atoms with Crippen LogP contribution in [0.15, 0.2) is 108 Å². The summed E-state index contributed by atoms with van der Waals surface area (Å²) in [6.07, 6.45) is 8.99. The molecule has 0 aliphatic heterocycles. The van der Waals surface area contributed by atoms with Crippen molar-refractivity contribution >= 4 is 76.0 Å². The molecule has 3 amide bonds. The second kappa shape index (κ2) is 32.0. The molecule has 5 aromatic carbocycles. The number of halogens is 2. The van der Waals surface area contributed by atoms with Crippen molar-refractivity contribution in [3.63, 3.8) is 0 Å². The highest BCUT2D eigenvalue weighted by molar-refractivity contribution is 6.10. The third-order valence-electron chi connectivity index (χ3n) is 11.9. The number of ether oxygens (including phenoxy) is 3. The van der Waals surface area contributed by atoms with E-state index in [-0.39, 0.29) is 62.7 Å². The molecule has 0 aliphatic carbocycles. The summed E-state index contributed by atoms with van der Waals surface area (Å²) in [4.78, 5) is 59.7. The molecule has 16 heteroatoms. The van der Waals surface area contributed by atoms with Crippen LogP contribution in [0.5, 0.6) is 11.5 Å². The number of esters is 1. The van der Waals surface area contributed by atoms with E-state index in [4.69, 9.17) is 31.4 Å². The normalized spacial score (nSPS) is 12.1. The van der Waals surface area contributed by atoms with Crippen LogP contribution in [-0.4, -0.2) is 74.1 Å². The van der Waals surface area contributed by atoms with Crippen molar-refractivity contribution in [1.82, 2.24) is 16.0 Å². The van der Waals surface area contributed by atoms with Gasteiger partial charge in [-0.1, -0.05) is 144 Å². The average molecular weight is 1020 g/mol. The number of benzene rings is 5. The Kier molecular flexibility index (Phi) is 26.7. The minimum absolute atomic E-state index is 0. The van der Waals surface area contributed by atoms with Crippen LogP contribution in [0, 0.1) is 5.92 Å². The van der Waals surface area contributed by atoms with Gasteiger partial charge in [-0.3, -0.25) is 19.4 Å². The van der Waals surface area contributed by atoms with Crippen LogP contribution in [-0.2, 0) is 30.5 Å². The number of carbonyl (C=O) groups excluding carboxylic acids is 4. The summed E-state index contributed by atoms with van der Waals surface area (Å²) < 4.78 is 18.6. The van der Waals surface area contributed by atoms with E-state index < -0.39 is 48.4 Å². The van der Waals surface area contributed by atoms with E-state index in [1.54, 1.807) is 0 Å². The number of guanidine groups is 1. The molecule has 71 heavy (non-hydrogen) atoms. The number of hydrogen-bond donors (Lipinski definition) is 6. The van der Waals surface area contributed by atoms with E-state index in [9.17, 15) is 19.2 Å². The molecule has 0 radical (unpaired) electrons. The second-order valence-electron chi connectivity index (χ2n) is 17.9. The Bertz CT molecular complexity index is 2450. The molecular weight excluding hydrogens is 942 g/mol. The third-order valence-corrected chi connectivity index (χ3v) is 11.9. The summed E-state index contributed by atoms with van der Waals surface area (Å²) in [6, 6.07) is 30.2. The number of carbonyl (C=O) groups is 4. The number of fused-ring (bicyclic) bond motifs is 2. The summed E-state index contributed by atoms with van der Waals surface area (Å²) in [5, 5.41) is 12.5. The van der Waals surface area contributed by atoms with Crippen molar-refractivity contribution in [2.24, 2.45) is 28.1 Å². The lowest BCUT2D eigenvalue weighted by molar-refractivity contribution is -0.150. The van der Waals surface area contributed by atoms with Crippen LogP contribution in [0.4, 0.5) is 0 Å². The monoisotopic (exact) mass is 1020 g/mol. The lowest BCUT2D eigenvalue weighted by atomic mass is 9.92. The molecule has 14 nitrogen and oxygen atoms in total. The highest BCUT2D eigenvalue weighted by atomic mass is 35.5. The van der Waals surface area contributed by atoms with Crippen molar-refractivity contribution in [3.05, 3.63) is 109 Å². The Morgan fingerprint density at radius 1 is 0.606 bits per heavy atom. The maximum absolute atomic E-state index is 14.2. The van der Waals surface area contributed by atoms with Gasteiger partial charge in [0.05, 0.1) is 6.61 Å². The van der Waals surface area contributed by atoms with Crippen molar-refractivity contribution in [1.29, 1.82) is 0 Å². The van der Waals surface area contributed by atoms with Gasteiger partial charge in [-0.05, 0) is 96.6 Å². The first-order chi connectivity index (χ1) is 33.5. The first-order valence-electron chi connectivity index (χ1n) is 24.6. The summed E-state index contributed by atoms with van der Waals surface area (Å²) in [5.41, 5.74) is 19.4. The van der Waals surface area contributed by atoms with Gasteiger partial charge < -0.3 is 47.4 Å². The molecule has 5 aromatic rings. The summed E-state index contributed by atoms with van der Waals surface area (Å²) in [7, 11) is 0. The molecular formula is C55H75Cl2N7O7. The fourth-order valence-electron chi connectivity index (χ4n) is 8.30. The van der Waals surface area contributed by atoms with E-state index in [1.807, 2.05) is 98.8 Å². The topological polar surface area (TPSA) is 222 Å². The van der Waals surface area contributed by atoms with E-state index in [2.05, 4.69) is 46.1 Å². The van der Waals surface area contributed by atoms with E-state index >= 15 is 0 Å². The van der Waals surface area contributed by atoms with Crippen molar-refractivity contribution < 1.29 is 33.4 Å². The van der Waals surface area contributed by atoms with Gasteiger partial charge in [0.2, 0.25) is 11.8 Å². The number of amides is 3. The first-order valence-corrected chi connectivity index (χ1v) is 24.6. The molecule has 0 heterocycles. The summed E-state index contributed by atoms with van der Waals surface area (Å²) in [6.45, 7) is 6.87. The Morgan fingerprint density at radius 3 is 1.76 bits per heavy atom. The molecule has 0 bridgehead atoms. The van der Waals surface area contributed by atoms with E-state index in [0.717, 1.165) is 56.8 Å². The maximum Gasteiger partial charge on any atom is 0.328 e. The van der Waals surface area contributed by atoms with E-state index in [0.29, 0.717) is 44.6 Å². The van der Waals surface area contributed by atoms with Crippen LogP contribution in [0.3, 0.4) is 0 Å². The van der Waals surface area contributed by atoms with Crippen LogP contribution in [0.2, 0.25) is 0 Å². The minimum atomic E-state index is -1.10. The van der Waals surface area contributed by atoms with Gasteiger partial charge in [0.1, 0.15) is 36.2 Å².